The van der Waals surface area contributed by atoms with E-state index in [0.717, 1.165) is 33.0 Å². The van der Waals surface area contributed by atoms with Crippen molar-refractivity contribution in [2.45, 2.75) is 20.5 Å². The van der Waals surface area contributed by atoms with Crippen molar-refractivity contribution in [3.05, 3.63) is 87.7 Å². The number of aromatic nitrogens is 1. The number of rotatable bonds is 7. The van der Waals surface area contributed by atoms with Gasteiger partial charge in [-0.15, -0.1) is 0 Å². The summed E-state index contributed by atoms with van der Waals surface area (Å²) in [5.74, 6) is 1.11. The summed E-state index contributed by atoms with van der Waals surface area (Å²) in [7, 11) is 1.61. The number of nitrogens with one attached hydrogen (secondary N) is 1. The van der Waals surface area contributed by atoms with Gasteiger partial charge >= 0.3 is 0 Å². The minimum absolute atomic E-state index is 0.313. The Bertz CT molecular complexity index is 1050. The second kappa shape index (κ2) is 9.89. The molecule has 0 spiro atoms. The fourth-order valence-corrected chi connectivity index (χ4v) is 2.98. The normalized spacial score (nSPS) is 10.8. The zero-order chi connectivity index (χ0) is 21.5. The maximum absolute atomic E-state index is 12.0. The average Bonchev–Trinajstić information content (AvgIpc) is 2.76. The number of hydrogen-bond acceptors (Lipinski definition) is 5. The lowest BCUT2D eigenvalue weighted by Crippen LogP contribution is -2.17. The summed E-state index contributed by atoms with van der Waals surface area (Å²) in [6.45, 7) is 4.20. The maximum Gasteiger partial charge on any atom is 0.272 e. The Morgan fingerprint density at radius 3 is 2.63 bits per heavy atom. The zero-order valence-corrected chi connectivity index (χ0v) is 17.7. The average molecular weight is 424 g/mol. The number of nitrogens with zero attached hydrogens (tertiary/aromatic N) is 2. The third-order valence-electron chi connectivity index (χ3n) is 4.41. The Labute approximate surface area is 180 Å². The number of carbonyl (C=O) groups excluding carboxylic acids is 1. The van der Waals surface area contributed by atoms with Crippen LogP contribution in [0.4, 0.5) is 0 Å². The molecule has 3 rings (SSSR count). The predicted octanol–water partition coefficient (Wildman–Crippen LogP) is 4.70. The molecule has 0 saturated heterocycles. The number of pyridine rings is 1. The van der Waals surface area contributed by atoms with Crippen LogP contribution < -0.4 is 14.9 Å². The van der Waals surface area contributed by atoms with Crippen molar-refractivity contribution in [3.63, 3.8) is 0 Å². The first-order valence-corrected chi connectivity index (χ1v) is 9.65. The second-order valence-electron chi connectivity index (χ2n) is 6.67. The molecule has 1 N–H and O–H groups in total. The first-order valence-electron chi connectivity index (χ1n) is 9.28. The summed E-state index contributed by atoms with van der Waals surface area (Å²) in [6, 6.07) is 12.7. The van der Waals surface area contributed by atoms with Crippen molar-refractivity contribution < 1.29 is 14.3 Å². The molecule has 0 fully saturated rings. The van der Waals surface area contributed by atoms with Crippen LogP contribution in [0.1, 0.15) is 32.6 Å². The van der Waals surface area contributed by atoms with Crippen LogP contribution in [-0.4, -0.2) is 24.2 Å². The van der Waals surface area contributed by atoms with E-state index in [4.69, 9.17) is 21.1 Å². The maximum atomic E-state index is 12.0. The molecule has 30 heavy (non-hydrogen) atoms. The minimum Gasteiger partial charge on any atom is -0.496 e. The first-order chi connectivity index (χ1) is 14.5. The van der Waals surface area contributed by atoms with Gasteiger partial charge in [0.25, 0.3) is 5.91 Å². The standard InChI is InChI=1S/C23H22ClN3O3/c1-15-9-20(10-16(2)22(15)24)30-14-19-11-17(6-7-21(19)29-3)12-26-27-23(28)18-5-4-8-25-13-18/h4-13H,14H2,1-3H3,(H,27,28)/b26-12+. The highest BCUT2D eigenvalue weighted by Crippen LogP contribution is 2.27. The van der Waals surface area contributed by atoms with Gasteiger partial charge in [-0.3, -0.25) is 9.78 Å². The second-order valence-corrected chi connectivity index (χ2v) is 7.05. The smallest absolute Gasteiger partial charge is 0.272 e. The van der Waals surface area contributed by atoms with Crippen LogP contribution >= 0.6 is 11.6 Å². The summed E-state index contributed by atoms with van der Waals surface area (Å²) in [5.41, 5.74) is 6.50. The van der Waals surface area contributed by atoms with Gasteiger partial charge in [-0.25, -0.2) is 5.43 Å². The molecular weight excluding hydrogens is 402 g/mol. The van der Waals surface area contributed by atoms with E-state index in [1.54, 1.807) is 31.7 Å². The molecule has 0 aliphatic heterocycles. The van der Waals surface area contributed by atoms with E-state index < -0.39 is 0 Å². The van der Waals surface area contributed by atoms with E-state index >= 15 is 0 Å². The number of benzene rings is 2. The summed E-state index contributed by atoms with van der Waals surface area (Å²) < 4.78 is 11.4. The predicted molar refractivity (Wildman–Crippen MR) is 118 cm³/mol. The molecule has 2 aromatic carbocycles. The van der Waals surface area contributed by atoms with Gasteiger partial charge in [0.2, 0.25) is 0 Å². The van der Waals surface area contributed by atoms with E-state index in [-0.39, 0.29) is 5.91 Å². The molecule has 3 aromatic rings. The molecule has 154 valence electrons. The fraction of sp³-hybridized carbons (Fsp3) is 0.174. The van der Waals surface area contributed by atoms with Crippen molar-refractivity contribution in [3.8, 4) is 11.5 Å². The molecule has 0 bridgehead atoms. The van der Waals surface area contributed by atoms with Gasteiger partial charge in [-0.05, 0) is 73.0 Å². The van der Waals surface area contributed by atoms with Crippen molar-refractivity contribution >= 4 is 23.7 Å². The molecule has 1 heterocycles. The highest BCUT2D eigenvalue weighted by molar-refractivity contribution is 6.32. The SMILES string of the molecule is COc1ccc(/C=N/NC(=O)c2cccnc2)cc1COc1cc(C)c(Cl)c(C)c1. The largest absolute Gasteiger partial charge is 0.496 e. The number of hydrazone groups is 1. The number of halogens is 1. The van der Waals surface area contributed by atoms with Gasteiger partial charge in [-0.1, -0.05) is 11.6 Å². The van der Waals surface area contributed by atoms with E-state index in [0.29, 0.717) is 17.9 Å². The van der Waals surface area contributed by atoms with Gasteiger partial charge in [0.05, 0.1) is 18.9 Å². The van der Waals surface area contributed by atoms with E-state index in [2.05, 4.69) is 15.5 Å². The number of ether oxygens (including phenoxy) is 2. The molecule has 1 aromatic heterocycles. The van der Waals surface area contributed by atoms with E-state index in [1.165, 1.54) is 6.20 Å². The van der Waals surface area contributed by atoms with E-state index in [1.807, 2.05) is 44.2 Å². The molecule has 0 aliphatic carbocycles. The van der Waals surface area contributed by atoms with Gasteiger partial charge in [0.1, 0.15) is 18.1 Å². The minimum atomic E-state index is -0.329. The molecule has 0 radical (unpaired) electrons. The third-order valence-corrected chi connectivity index (χ3v) is 5.01. The Balaban J connectivity index is 1.69. The number of methoxy groups -OCH3 is 1. The number of hydrogen-bond donors (Lipinski definition) is 1. The molecule has 0 atom stereocenters. The summed E-state index contributed by atoms with van der Waals surface area (Å²) >= 11 is 6.22. The van der Waals surface area contributed by atoms with Crippen molar-refractivity contribution in [1.29, 1.82) is 0 Å². The molecule has 1 amide bonds. The van der Waals surface area contributed by atoms with Crippen molar-refractivity contribution in [1.82, 2.24) is 10.4 Å². The molecule has 6 nitrogen and oxygen atoms in total. The molecular formula is C23H22ClN3O3. The number of amides is 1. The van der Waals surface area contributed by atoms with Gasteiger partial charge in [0.15, 0.2) is 0 Å². The molecule has 0 unspecified atom stereocenters. The van der Waals surface area contributed by atoms with Crippen LogP contribution in [0, 0.1) is 13.8 Å². The van der Waals surface area contributed by atoms with Crippen LogP contribution in [0.3, 0.4) is 0 Å². The Morgan fingerprint density at radius 1 is 1.20 bits per heavy atom. The molecule has 0 saturated carbocycles. The molecule has 0 aliphatic rings. The molecule has 7 heteroatoms. The summed E-state index contributed by atoms with van der Waals surface area (Å²) in [4.78, 5) is 15.9. The Hall–Kier alpha value is -3.38. The highest BCUT2D eigenvalue weighted by atomic mass is 35.5. The fourth-order valence-electron chi connectivity index (χ4n) is 2.87. The van der Waals surface area contributed by atoms with Crippen molar-refractivity contribution in [2.24, 2.45) is 5.10 Å². The lowest BCUT2D eigenvalue weighted by Gasteiger charge is -2.13. The van der Waals surface area contributed by atoms with Crippen LogP contribution in [0.15, 0.2) is 60.0 Å². The number of aryl methyl sites for hydroxylation is 2. The zero-order valence-electron chi connectivity index (χ0n) is 17.0. The van der Waals surface area contributed by atoms with Gasteiger partial charge < -0.3 is 9.47 Å². The van der Waals surface area contributed by atoms with Crippen LogP contribution in [-0.2, 0) is 6.61 Å². The quantitative estimate of drug-likeness (QED) is 0.441. The van der Waals surface area contributed by atoms with Gasteiger partial charge in [-0.2, -0.15) is 5.10 Å². The lowest BCUT2D eigenvalue weighted by molar-refractivity contribution is 0.0955. The van der Waals surface area contributed by atoms with E-state index in [9.17, 15) is 4.79 Å². The summed E-state index contributed by atoms with van der Waals surface area (Å²) in [5, 5.41) is 4.76. The Kier molecular flexibility index (Phi) is 7.03. The highest BCUT2D eigenvalue weighted by Gasteiger charge is 2.08. The van der Waals surface area contributed by atoms with Crippen LogP contribution in [0.25, 0.3) is 0 Å². The van der Waals surface area contributed by atoms with Gasteiger partial charge in [0, 0.05) is 23.0 Å². The Morgan fingerprint density at radius 2 is 1.97 bits per heavy atom. The topological polar surface area (TPSA) is 72.8 Å². The third kappa shape index (κ3) is 5.36. The lowest BCUT2D eigenvalue weighted by atomic mass is 10.1. The van der Waals surface area contributed by atoms with Crippen LogP contribution in [0.2, 0.25) is 5.02 Å². The monoisotopic (exact) mass is 423 g/mol. The number of carbonyl (C=O) groups is 1. The van der Waals surface area contributed by atoms with Crippen molar-refractivity contribution in [2.75, 3.05) is 7.11 Å². The first kappa shape index (κ1) is 21.3. The summed E-state index contributed by atoms with van der Waals surface area (Å²) in [6.07, 6.45) is 4.65. The van der Waals surface area contributed by atoms with Crippen LogP contribution in [0.5, 0.6) is 11.5 Å².